The molecular weight excluding hydrogens is 230 g/mol. The van der Waals surface area contributed by atoms with E-state index in [4.69, 9.17) is 4.84 Å². The molecule has 0 spiro atoms. The third-order valence-corrected chi connectivity index (χ3v) is 2.91. The smallest absolute Gasteiger partial charge is 0.274 e. The minimum Gasteiger partial charge on any atom is -0.274 e. The molecule has 0 atom stereocenters. The van der Waals surface area contributed by atoms with E-state index in [1.54, 1.807) is 0 Å². The van der Waals surface area contributed by atoms with Crippen LogP contribution in [0.3, 0.4) is 0 Å². The van der Waals surface area contributed by atoms with Crippen molar-refractivity contribution in [3.05, 3.63) is 17.5 Å². The lowest BCUT2D eigenvalue weighted by Gasteiger charge is -2.22. The van der Waals surface area contributed by atoms with E-state index in [0.717, 1.165) is 5.69 Å². The highest BCUT2D eigenvalue weighted by atomic mass is 16.6. The summed E-state index contributed by atoms with van der Waals surface area (Å²) in [5.41, 5.74) is 3.86. The van der Waals surface area contributed by atoms with Gasteiger partial charge in [0, 0.05) is 11.6 Å². The fourth-order valence-electron chi connectivity index (χ4n) is 1.90. The third-order valence-electron chi connectivity index (χ3n) is 2.91. The summed E-state index contributed by atoms with van der Waals surface area (Å²) >= 11 is 0. The highest BCUT2D eigenvalue weighted by Crippen LogP contribution is 2.41. The van der Waals surface area contributed by atoms with Gasteiger partial charge in [-0.25, -0.2) is 5.48 Å². The molecule has 100 valence electrons. The first-order valence-corrected chi connectivity index (χ1v) is 6.46. The molecule has 1 N–H and O–H groups in total. The van der Waals surface area contributed by atoms with E-state index >= 15 is 0 Å². The van der Waals surface area contributed by atoms with Crippen LogP contribution < -0.4 is 5.48 Å². The van der Waals surface area contributed by atoms with Crippen molar-refractivity contribution in [2.45, 2.75) is 52.0 Å². The lowest BCUT2D eigenvalue weighted by Crippen LogP contribution is -2.27. The molecule has 5 heteroatoms. The summed E-state index contributed by atoms with van der Waals surface area (Å²) in [7, 11) is 0. The van der Waals surface area contributed by atoms with E-state index in [9.17, 15) is 4.79 Å². The molecule has 1 amide bonds. The number of rotatable bonds is 4. The van der Waals surface area contributed by atoms with Gasteiger partial charge in [0.05, 0.1) is 12.1 Å². The van der Waals surface area contributed by atoms with E-state index in [-0.39, 0.29) is 11.4 Å². The first kappa shape index (κ1) is 13.1. The molecule has 1 aromatic rings. The van der Waals surface area contributed by atoms with Gasteiger partial charge in [-0.3, -0.25) is 14.3 Å². The molecule has 0 aliphatic heterocycles. The van der Waals surface area contributed by atoms with Crippen LogP contribution in [0.4, 0.5) is 0 Å². The van der Waals surface area contributed by atoms with Crippen LogP contribution >= 0.6 is 0 Å². The van der Waals surface area contributed by atoms with Crippen LogP contribution in [0.15, 0.2) is 6.07 Å². The Hall–Kier alpha value is -1.36. The molecule has 0 radical (unpaired) electrons. The summed E-state index contributed by atoms with van der Waals surface area (Å²) in [5, 5.41) is 4.42. The van der Waals surface area contributed by atoms with Crippen LogP contribution in [0.25, 0.3) is 0 Å². The SMILES string of the molecule is CCONC(=O)c1cc(C2CC2)n(C(C)(C)C)n1. The fourth-order valence-corrected chi connectivity index (χ4v) is 1.90. The van der Waals surface area contributed by atoms with Crippen LogP contribution in [-0.4, -0.2) is 22.3 Å². The van der Waals surface area contributed by atoms with Gasteiger partial charge in [-0.1, -0.05) is 0 Å². The van der Waals surface area contributed by atoms with E-state index in [0.29, 0.717) is 18.2 Å². The van der Waals surface area contributed by atoms with Crippen molar-refractivity contribution < 1.29 is 9.63 Å². The Balaban J connectivity index is 2.25. The van der Waals surface area contributed by atoms with Crippen molar-refractivity contribution in [2.24, 2.45) is 0 Å². The fraction of sp³-hybridized carbons (Fsp3) is 0.692. The Morgan fingerprint density at radius 3 is 2.72 bits per heavy atom. The van der Waals surface area contributed by atoms with Crippen molar-refractivity contribution >= 4 is 5.91 Å². The number of nitrogens with one attached hydrogen (secondary N) is 1. The molecule has 0 bridgehead atoms. The average molecular weight is 251 g/mol. The molecule has 2 rings (SSSR count). The molecule has 5 nitrogen and oxygen atoms in total. The standard InChI is InChI=1S/C13H21N3O2/c1-5-18-15-12(17)10-8-11(9-6-7-9)16(14-10)13(2,3)4/h8-9H,5-7H2,1-4H3,(H,15,17). The lowest BCUT2D eigenvalue weighted by atomic mass is 10.1. The van der Waals surface area contributed by atoms with Gasteiger partial charge in [0.2, 0.25) is 0 Å². The van der Waals surface area contributed by atoms with Gasteiger partial charge in [0.25, 0.3) is 5.91 Å². The summed E-state index contributed by atoms with van der Waals surface area (Å²) in [5.74, 6) is 0.284. The molecule has 18 heavy (non-hydrogen) atoms. The lowest BCUT2D eigenvalue weighted by molar-refractivity contribution is 0.0358. The first-order valence-electron chi connectivity index (χ1n) is 6.46. The maximum absolute atomic E-state index is 11.8. The molecular formula is C13H21N3O2. The average Bonchev–Trinajstić information content (AvgIpc) is 3.03. The molecule has 1 saturated carbocycles. The van der Waals surface area contributed by atoms with Crippen LogP contribution in [0.1, 0.15) is 62.6 Å². The van der Waals surface area contributed by atoms with Crippen molar-refractivity contribution in [1.29, 1.82) is 0 Å². The monoisotopic (exact) mass is 251 g/mol. The second-order valence-corrected chi connectivity index (χ2v) is 5.68. The van der Waals surface area contributed by atoms with Gasteiger partial charge < -0.3 is 0 Å². The maximum atomic E-state index is 11.8. The number of aromatic nitrogens is 2. The van der Waals surface area contributed by atoms with E-state index in [1.165, 1.54) is 12.8 Å². The Labute approximate surface area is 107 Å². The predicted molar refractivity (Wildman–Crippen MR) is 68.3 cm³/mol. The predicted octanol–water partition coefficient (Wildman–Crippen LogP) is 2.20. The van der Waals surface area contributed by atoms with Gasteiger partial charge in [0.15, 0.2) is 5.69 Å². The zero-order valence-electron chi connectivity index (χ0n) is 11.5. The molecule has 0 aromatic carbocycles. The number of hydrogen-bond donors (Lipinski definition) is 1. The number of hydroxylamine groups is 1. The number of hydrogen-bond acceptors (Lipinski definition) is 3. The number of carbonyl (C=O) groups excluding carboxylic acids is 1. The van der Waals surface area contributed by atoms with E-state index in [2.05, 4.69) is 31.3 Å². The summed E-state index contributed by atoms with van der Waals surface area (Å²) in [6.45, 7) is 8.55. The third kappa shape index (κ3) is 2.72. The molecule has 1 aliphatic carbocycles. The van der Waals surface area contributed by atoms with Gasteiger partial charge in [-0.05, 0) is 46.6 Å². The van der Waals surface area contributed by atoms with Gasteiger partial charge in [-0.2, -0.15) is 5.10 Å². The van der Waals surface area contributed by atoms with Crippen molar-refractivity contribution in [1.82, 2.24) is 15.3 Å². The minimum atomic E-state index is -0.276. The van der Waals surface area contributed by atoms with Gasteiger partial charge >= 0.3 is 0 Å². The second-order valence-electron chi connectivity index (χ2n) is 5.68. The first-order chi connectivity index (χ1) is 8.43. The van der Waals surface area contributed by atoms with Gasteiger partial charge in [0.1, 0.15) is 0 Å². The minimum absolute atomic E-state index is 0.109. The Kier molecular flexibility index (Phi) is 3.43. The highest BCUT2D eigenvalue weighted by molar-refractivity contribution is 5.91. The number of nitrogens with zero attached hydrogens (tertiary/aromatic N) is 2. The highest BCUT2D eigenvalue weighted by Gasteiger charge is 2.32. The number of carbonyl (C=O) groups is 1. The number of amides is 1. The Morgan fingerprint density at radius 1 is 1.56 bits per heavy atom. The van der Waals surface area contributed by atoms with Crippen LogP contribution in [-0.2, 0) is 10.4 Å². The second kappa shape index (κ2) is 4.72. The van der Waals surface area contributed by atoms with E-state index in [1.807, 2.05) is 17.7 Å². The molecule has 1 aliphatic rings. The summed E-state index contributed by atoms with van der Waals surface area (Å²) < 4.78 is 1.96. The quantitative estimate of drug-likeness (QED) is 0.835. The van der Waals surface area contributed by atoms with Crippen LogP contribution in [0.2, 0.25) is 0 Å². The maximum Gasteiger partial charge on any atom is 0.295 e. The molecule has 1 fully saturated rings. The van der Waals surface area contributed by atoms with Crippen molar-refractivity contribution in [3.8, 4) is 0 Å². The largest absolute Gasteiger partial charge is 0.295 e. The van der Waals surface area contributed by atoms with Crippen LogP contribution in [0.5, 0.6) is 0 Å². The molecule has 0 saturated heterocycles. The summed E-state index contributed by atoms with van der Waals surface area (Å²) in [4.78, 5) is 16.7. The topological polar surface area (TPSA) is 56.1 Å². The zero-order chi connectivity index (χ0) is 13.3. The molecule has 1 heterocycles. The van der Waals surface area contributed by atoms with Crippen molar-refractivity contribution in [2.75, 3.05) is 6.61 Å². The molecule has 0 unspecified atom stereocenters. The normalized spacial score (nSPS) is 15.8. The van der Waals surface area contributed by atoms with Crippen molar-refractivity contribution in [3.63, 3.8) is 0 Å². The van der Waals surface area contributed by atoms with Gasteiger partial charge in [-0.15, -0.1) is 0 Å². The Morgan fingerprint density at radius 2 is 2.22 bits per heavy atom. The zero-order valence-corrected chi connectivity index (χ0v) is 11.5. The molecule has 1 aromatic heterocycles. The van der Waals surface area contributed by atoms with Crippen LogP contribution in [0, 0.1) is 0 Å². The van der Waals surface area contributed by atoms with E-state index < -0.39 is 0 Å². The Bertz CT molecular complexity index is 442. The summed E-state index contributed by atoms with van der Waals surface area (Å²) in [6.07, 6.45) is 2.38. The summed E-state index contributed by atoms with van der Waals surface area (Å²) in [6, 6.07) is 1.89.